The van der Waals surface area contributed by atoms with Gasteiger partial charge in [-0.2, -0.15) is 5.10 Å². The summed E-state index contributed by atoms with van der Waals surface area (Å²) >= 11 is 1.28. The predicted molar refractivity (Wildman–Crippen MR) is 119 cm³/mol. The largest absolute Gasteiger partial charge is 0.497 e. The number of nitrogens with one attached hydrogen (secondary N) is 2. The Morgan fingerprint density at radius 3 is 2.48 bits per heavy atom. The predicted octanol–water partition coefficient (Wildman–Crippen LogP) is 4.75. The first kappa shape index (κ1) is 20.5. The number of aromatic nitrogens is 2. The van der Waals surface area contributed by atoms with Crippen LogP contribution >= 0.6 is 11.3 Å². The Balaban J connectivity index is 1.68. The molecule has 0 saturated heterocycles. The zero-order valence-electron chi connectivity index (χ0n) is 17.0. The molecule has 2 heterocycles. The summed E-state index contributed by atoms with van der Waals surface area (Å²) < 4.78 is 20.2. The molecular formula is C22H19FN4O3S. The van der Waals surface area contributed by atoms with Crippen molar-refractivity contribution >= 4 is 44.7 Å². The van der Waals surface area contributed by atoms with Crippen LogP contribution in [0.2, 0.25) is 0 Å². The molecule has 2 aromatic carbocycles. The van der Waals surface area contributed by atoms with E-state index in [1.54, 1.807) is 41.1 Å². The van der Waals surface area contributed by atoms with Crippen LogP contribution < -0.4 is 15.4 Å². The number of rotatable bonds is 5. The van der Waals surface area contributed by atoms with E-state index in [1.165, 1.54) is 37.5 Å². The van der Waals surface area contributed by atoms with Gasteiger partial charge in [-0.15, -0.1) is 11.3 Å². The summed E-state index contributed by atoms with van der Waals surface area (Å²) in [4.78, 5) is 25.7. The van der Waals surface area contributed by atoms with Gasteiger partial charge in [0.05, 0.1) is 34.7 Å². The minimum Gasteiger partial charge on any atom is -0.497 e. The molecule has 0 spiro atoms. The lowest BCUT2D eigenvalue weighted by molar-refractivity contribution is -0.114. The zero-order chi connectivity index (χ0) is 22.1. The number of amides is 2. The fourth-order valence-electron chi connectivity index (χ4n) is 3.15. The molecule has 31 heavy (non-hydrogen) atoms. The van der Waals surface area contributed by atoms with E-state index in [0.717, 1.165) is 15.9 Å². The maximum Gasteiger partial charge on any atom is 0.265 e. The molecule has 7 nitrogen and oxygen atoms in total. The molecule has 2 amide bonds. The smallest absolute Gasteiger partial charge is 0.265 e. The molecule has 0 bridgehead atoms. The standard InChI is InChI=1S/C22H19FN4O3S/c1-12-17-11-20(31-22(17)27(26-12)15-6-4-14(23)5-7-15)21(29)25-19-10-16(30-3)8-9-18(19)24-13(2)28/h4-11H,1-3H3,(H,24,28)(H,25,29). The highest BCUT2D eigenvalue weighted by molar-refractivity contribution is 7.20. The molecule has 0 saturated carbocycles. The topological polar surface area (TPSA) is 85.2 Å². The van der Waals surface area contributed by atoms with Gasteiger partial charge < -0.3 is 15.4 Å². The van der Waals surface area contributed by atoms with Crippen molar-refractivity contribution in [3.63, 3.8) is 0 Å². The number of ether oxygens (including phenoxy) is 1. The first-order valence-corrected chi connectivity index (χ1v) is 10.2. The van der Waals surface area contributed by atoms with E-state index in [9.17, 15) is 14.0 Å². The number of hydrogen-bond acceptors (Lipinski definition) is 5. The number of carbonyl (C=O) groups is 2. The number of benzene rings is 2. The van der Waals surface area contributed by atoms with Crippen LogP contribution in [0.5, 0.6) is 5.75 Å². The van der Waals surface area contributed by atoms with Gasteiger partial charge >= 0.3 is 0 Å². The van der Waals surface area contributed by atoms with Crippen molar-refractivity contribution in [1.29, 1.82) is 0 Å². The highest BCUT2D eigenvalue weighted by atomic mass is 32.1. The van der Waals surface area contributed by atoms with Crippen molar-refractivity contribution in [3.8, 4) is 11.4 Å². The number of aryl methyl sites for hydroxylation is 1. The van der Waals surface area contributed by atoms with E-state index >= 15 is 0 Å². The van der Waals surface area contributed by atoms with Gasteiger partial charge in [0.15, 0.2) is 0 Å². The van der Waals surface area contributed by atoms with E-state index in [2.05, 4.69) is 15.7 Å². The van der Waals surface area contributed by atoms with Gasteiger partial charge in [0, 0.05) is 18.4 Å². The molecule has 4 rings (SSSR count). The second kappa shape index (κ2) is 8.19. The van der Waals surface area contributed by atoms with Gasteiger partial charge in [0.25, 0.3) is 5.91 Å². The molecule has 0 radical (unpaired) electrons. The van der Waals surface area contributed by atoms with E-state index in [0.29, 0.717) is 27.7 Å². The molecular weight excluding hydrogens is 419 g/mol. The molecule has 2 N–H and O–H groups in total. The minimum atomic E-state index is -0.330. The molecule has 0 fully saturated rings. The number of fused-ring (bicyclic) bond motifs is 1. The van der Waals surface area contributed by atoms with Crippen molar-refractivity contribution in [2.75, 3.05) is 17.7 Å². The van der Waals surface area contributed by atoms with Gasteiger partial charge in [0.1, 0.15) is 16.4 Å². The first-order valence-electron chi connectivity index (χ1n) is 9.38. The first-order chi connectivity index (χ1) is 14.9. The summed E-state index contributed by atoms with van der Waals surface area (Å²) in [5.74, 6) is -0.365. The molecule has 4 aromatic rings. The van der Waals surface area contributed by atoms with E-state index in [-0.39, 0.29) is 17.6 Å². The maximum absolute atomic E-state index is 13.3. The SMILES string of the molecule is COc1ccc(NC(C)=O)c(NC(=O)c2cc3c(C)nn(-c4ccc(F)cc4)c3s2)c1. The molecule has 9 heteroatoms. The Morgan fingerprint density at radius 1 is 1.06 bits per heavy atom. The number of thiophene rings is 1. The molecule has 0 aliphatic heterocycles. The van der Waals surface area contributed by atoms with Crippen molar-refractivity contribution in [2.45, 2.75) is 13.8 Å². The third-order valence-electron chi connectivity index (χ3n) is 4.63. The summed E-state index contributed by atoms with van der Waals surface area (Å²) in [6, 6.07) is 12.8. The summed E-state index contributed by atoms with van der Waals surface area (Å²) in [5, 5.41) is 10.9. The van der Waals surface area contributed by atoms with Crippen LogP contribution in [0.15, 0.2) is 48.5 Å². The van der Waals surface area contributed by atoms with Crippen molar-refractivity contribution in [3.05, 3.63) is 64.9 Å². The summed E-state index contributed by atoms with van der Waals surface area (Å²) in [7, 11) is 1.52. The Labute approximate surface area is 181 Å². The van der Waals surface area contributed by atoms with Crippen LogP contribution in [-0.2, 0) is 4.79 Å². The van der Waals surface area contributed by atoms with Crippen molar-refractivity contribution in [2.24, 2.45) is 0 Å². The number of carbonyl (C=O) groups excluding carboxylic acids is 2. The lowest BCUT2D eigenvalue weighted by atomic mass is 10.2. The number of hydrogen-bond donors (Lipinski definition) is 2. The van der Waals surface area contributed by atoms with Gasteiger partial charge in [-0.3, -0.25) is 9.59 Å². The normalized spacial score (nSPS) is 10.8. The highest BCUT2D eigenvalue weighted by Gasteiger charge is 2.18. The Morgan fingerprint density at radius 2 is 1.81 bits per heavy atom. The summed E-state index contributed by atoms with van der Waals surface area (Å²) in [6.07, 6.45) is 0. The van der Waals surface area contributed by atoms with Crippen LogP contribution in [0.1, 0.15) is 22.3 Å². The molecule has 2 aromatic heterocycles. The number of nitrogens with zero attached hydrogens (tertiary/aromatic N) is 2. The van der Waals surface area contributed by atoms with Gasteiger partial charge in [-0.25, -0.2) is 9.07 Å². The Bertz CT molecular complexity index is 1290. The van der Waals surface area contributed by atoms with Crippen LogP contribution in [0.4, 0.5) is 15.8 Å². The van der Waals surface area contributed by atoms with Gasteiger partial charge in [-0.05, 0) is 49.4 Å². The second-order valence-corrected chi connectivity index (χ2v) is 7.88. The number of anilines is 2. The average Bonchev–Trinajstić information content (AvgIpc) is 3.30. The number of methoxy groups -OCH3 is 1. The lowest BCUT2D eigenvalue weighted by Crippen LogP contribution is -2.14. The minimum absolute atomic E-state index is 0.252. The third kappa shape index (κ3) is 4.13. The summed E-state index contributed by atoms with van der Waals surface area (Å²) in [5.41, 5.74) is 2.36. The maximum atomic E-state index is 13.3. The molecule has 158 valence electrons. The zero-order valence-corrected chi connectivity index (χ0v) is 17.8. The van der Waals surface area contributed by atoms with E-state index < -0.39 is 0 Å². The fourth-order valence-corrected chi connectivity index (χ4v) is 4.23. The summed E-state index contributed by atoms with van der Waals surface area (Å²) in [6.45, 7) is 3.25. The van der Waals surface area contributed by atoms with E-state index in [4.69, 9.17) is 4.74 Å². The third-order valence-corrected chi connectivity index (χ3v) is 5.73. The van der Waals surface area contributed by atoms with Crippen LogP contribution in [0.25, 0.3) is 15.9 Å². The van der Waals surface area contributed by atoms with Crippen molar-refractivity contribution in [1.82, 2.24) is 9.78 Å². The Hall–Kier alpha value is -3.72. The average molecular weight is 438 g/mol. The van der Waals surface area contributed by atoms with Gasteiger partial charge in [0.2, 0.25) is 5.91 Å². The molecule has 0 aliphatic carbocycles. The van der Waals surface area contributed by atoms with Crippen LogP contribution in [-0.4, -0.2) is 28.7 Å². The van der Waals surface area contributed by atoms with Crippen molar-refractivity contribution < 1.29 is 18.7 Å². The molecule has 0 aliphatic rings. The van der Waals surface area contributed by atoms with Crippen LogP contribution in [0, 0.1) is 12.7 Å². The van der Waals surface area contributed by atoms with E-state index in [1.807, 2.05) is 6.92 Å². The quantitative estimate of drug-likeness (QED) is 0.471. The monoisotopic (exact) mass is 438 g/mol. The molecule has 0 atom stereocenters. The number of halogens is 1. The highest BCUT2D eigenvalue weighted by Crippen LogP contribution is 2.32. The second-order valence-electron chi connectivity index (χ2n) is 6.85. The van der Waals surface area contributed by atoms with Gasteiger partial charge in [-0.1, -0.05) is 0 Å². The fraction of sp³-hybridized carbons (Fsp3) is 0.136. The lowest BCUT2D eigenvalue weighted by Gasteiger charge is -2.12. The van der Waals surface area contributed by atoms with Crippen LogP contribution in [0.3, 0.4) is 0 Å². The molecule has 0 unspecified atom stereocenters. The Kier molecular flexibility index (Phi) is 5.43.